The molecule has 1 atom stereocenters. The first kappa shape index (κ1) is 12.9. The highest BCUT2D eigenvalue weighted by Gasteiger charge is 2.34. The van der Waals surface area contributed by atoms with Crippen molar-refractivity contribution < 1.29 is 4.39 Å². The number of rotatable bonds is 2. The molecule has 0 aliphatic heterocycles. The van der Waals surface area contributed by atoms with E-state index in [4.69, 9.17) is 0 Å². The van der Waals surface area contributed by atoms with Gasteiger partial charge in [-0.05, 0) is 58.8 Å². The van der Waals surface area contributed by atoms with Crippen LogP contribution in [-0.2, 0) is 0 Å². The maximum Gasteiger partial charge on any atom is 0.137 e. The second-order valence-corrected chi connectivity index (χ2v) is 6.51. The summed E-state index contributed by atoms with van der Waals surface area (Å²) in [4.78, 5) is 0. The maximum atomic E-state index is 13.4. The SMILES string of the molecule is Cc1cc(F)c(Br)cc1NC1CCCC1(C)C. The third kappa shape index (κ3) is 2.65. The molecule has 1 saturated carbocycles. The van der Waals surface area contributed by atoms with E-state index in [1.165, 1.54) is 19.3 Å². The van der Waals surface area contributed by atoms with E-state index in [0.717, 1.165) is 11.3 Å². The van der Waals surface area contributed by atoms with Crippen LogP contribution in [0.5, 0.6) is 0 Å². The van der Waals surface area contributed by atoms with Gasteiger partial charge in [-0.2, -0.15) is 0 Å². The zero-order valence-electron chi connectivity index (χ0n) is 10.6. The Kier molecular flexibility index (Phi) is 3.48. The number of nitrogens with one attached hydrogen (secondary N) is 1. The van der Waals surface area contributed by atoms with Crippen LogP contribution in [0.3, 0.4) is 0 Å². The number of aryl methyl sites for hydroxylation is 1. The monoisotopic (exact) mass is 299 g/mol. The number of hydrogen-bond donors (Lipinski definition) is 1. The molecule has 0 bridgehead atoms. The Bertz CT molecular complexity index is 428. The van der Waals surface area contributed by atoms with E-state index in [1.807, 2.05) is 13.0 Å². The van der Waals surface area contributed by atoms with Gasteiger partial charge in [0.15, 0.2) is 0 Å². The highest BCUT2D eigenvalue weighted by Crippen LogP contribution is 2.39. The fourth-order valence-corrected chi connectivity index (χ4v) is 2.93. The molecule has 0 spiro atoms. The molecule has 1 nitrogen and oxygen atoms in total. The van der Waals surface area contributed by atoms with Gasteiger partial charge in [0.25, 0.3) is 0 Å². The Balaban J connectivity index is 2.22. The minimum Gasteiger partial charge on any atom is -0.382 e. The minimum atomic E-state index is -0.196. The van der Waals surface area contributed by atoms with Crippen molar-refractivity contribution in [2.75, 3.05) is 5.32 Å². The molecule has 1 aromatic carbocycles. The molecule has 1 fully saturated rings. The Morgan fingerprint density at radius 3 is 2.71 bits per heavy atom. The Morgan fingerprint density at radius 1 is 1.41 bits per heavy atom. The Hall–Kier alpha value is -0.570. The highest BCUT2D eigenvalue weighted by atomic mass is 79.9. The van der Waals surface area contributed by atoms with E-state index < -0.39 is 0 Å². The zero-order chi connectivity index (χ0) is 12.6. The molecule has 1 aromatic rings. The Labute approximate surface area is 111 Å². The van der Waals surface area contributed by atoms with Gasteiger partial charge in [0.2, 0.25) is 0 Å². The van der Waals surface area contributed by atoms with Crippen LogP contribution in [0.15, 0.2) is 16.6 Å². The van der Waals surface area contributed by atoms with Crippen LogP contribution in [-0.4, -0.2) is 6.04 Å². The summed E-state index contributed by atoms with van der Waals surface area (Å²) in [5, 5.41) is 3.57. The lowest BCUT2D eigenvalue weighted by Gasteiger charge is -2.29. The molecular formula is C14H19BrFN. The van der Waals surface area contributed by atoms with Crippen molar-refractivity contribution in [1.29, 1.82) is 0 Å². The van der Waals surface area contributed by atoms with E-state index in [0.29, 0.717) is 15.9 Å². The quantitative estimate of drug-likeness (QED) is 0.820. The van der Waals surface area contributed by atoms with Crippen molar-refractivity contribution in [3.8, 4) is 0 Å². The van der Waals surface area contributed by atoms with Gasteiger partial charge >= 0.3 is 0 Å². The normalized spacial score (nSPS) is 22.8. The molecule has 1 N–H and O–H groups in total. The molecule has 0 heterocycles. The second-order valence-electron chi connectivity index (χ2n) is 5.66. The van der Waals surface area contributed by atoms with Gasteiger partial charge in [0.1, 0.15) is 5.82 Å². The summed E-state index contributed by atoms with van der Waals surface area (Å²) in [6, 6.07) is 3.91. The third-order valence-electron chi connectivity index (χ3n) is 3.85. The van der Waals surface area contributed by atoms with Crippen molar-refractivity contribution in [3.05, 3.63) is 28.0 Å². The summed E-state index contributed by atoms with van der Waals surface area (Å²) in [7, 11) is 0. The van der Waals surface area contributed by atoms with Crippen LogP contribution >= 0.6 is 15.9 Å². The lowest BCUT2D eigenvalue weighted by atomic mass is 9.87. The van der Waals surface area contributed by atoms with Crippen molar-refractivity contribution in [2.45, 2.75) is 46.1 Å². The molecule has 3 heteroatoms. The molecule has 0 amide bonds. The first-order valence-corrected chi connectivity index (χ1v) is 6.91. The van der Waals surface area contributed by atoms with Gasteiger partial charge in [-0.3, -0.25) is 0 Å². The van der Waals surface area contributed by atoms with Gasteiger partial charge in [-0.1, -0.05) is 20.3 Å². The van der Waals surface area contributed by atoms with Gasteiger partial charge in [-0.15, -0.1) is 0 Å². The van der Waals surface area contributed by atoms with Crippen molar-refractivity contribution in [3.63, 3.8) is 0 Å². The summed E-state index contributed by atoms with van der Waals surface area (Å²) < 4.78 is 13.9. The second kappa shape index (κ2) is 4.60. The molecule has 1 unspecified atom stereocenters. The number of anilines is 1. The van der Waals surface area contributed by atoms with E-state index in [1.54, 1.807) is 6.07 Å². The van der Waals surface area contributed by atoms with Crippen LogP contribution in [0.1, 0.15) is 38.7 Å². The minimum absolute atomic E-state index is 0.196. The zero-order valence-corrected chi connectivity index (χ0v) is 12.2. The van der Waals surface area contributed by atoms with Gasteiger partial charge in [0, 0.05) is 11.7 Å². The van der Waals surface area contributed by atoms with Gasteiger partial charge in [0.05, 0.1) is 4.47 Å². The van der Waals surface area contributed by atoms with E-state index >= 15 is 0 Å². The van der Waals surface area contributed by atoms with Crippen LogP contribution in [0, 0.1) is 18.2 Å². The van der Waals surface area contributed by atoms with Crippen molar-refractivity contribution >= 4 is 21.6 Å². The van der Waals surface area contributed by atoms with Crippen LogP contribution < -0.4 is 5.32 Å². The molecule has 1 aliphatic carbocycles. The van der Waals surface area contributed by atoms with E-state index in [-0.39, 0.29) is 5.82 Å². The first-order valence-electron chi connectivity index (χ1n) is 6.12. The van der Waals surface area contributed by atoms with Crippen LogP contribution in [0.25, 0.3) is 0 Å². The first-order chi connectivity index (χ1) is 7.90. The maximum absolute atomic E-state index is 13.4. The van der Waals surface area contributed by atoms with Crippen molar-refractivity contribution in [2.24, 2.45) is 5.41 Å². The molecule has 17 heavy (non-hydrogen) atoms. The van der Waals surface area contributed by atoms with E-state index in [2.05, 4.69) is 35.1 Å². The standard InChI is InChI=1S/C14H19BrFN/c1-9-7-11(16)10(15)8-12(9)17-13-5-4-6-14(13,2)3/h7-8,13,17H,4-6H2,1-3H3. The topological polar surface area (TPSA) is 12.0 Å². The summed E-state index contributed by atoms with van der Waals surface area (Å²) in [5.74, 6) is -0.196. The van der Waals surface area contributed by atoms with Crippen LogP contribution in [0.2, 0.25) is 0 Å². The van der Waals surface area contributed by atoms with Crippen molar-refractivity contribution in [1.82, 2.24) is 0 Å². The molecule has 0 saturated heterocycles. The Morgan fingerprint density at radius 2 is 2.12 bits per heavy atom. The molecule has 1 aliphatic rings. The molecule has 0 aromatic heterocycles. The average molecular weight is 300 g/mol. The van der Waals surface area contributed by atoms with Gasteiger partial charge < -0.3 is 5.32 Å². The summed E-state index contributed by atoms with van der Waals surface area (Å²) >= 11 is 3.24. The summed E-state index contributed by atoms with van der Waals surface area (Å²) in [6.07, 6.45) is 3.72. The lowest BCUT2D eigenvalue weighted by Crippen LogP contribution is -2.31. The summed E-state index contributed by atoms with van der Waals surface area (Å²) in [6.45, 7) is 6.54. The molecular weight excluding hydrogens is 281 g/mol. The van der Waals surface area contributed by atoms with Crippen LogP contribution in [0.4, 0.5) is 10.1 Å². The largest absolute Gasteiger partial charge is 0.382 e. The lowest BCUT2D eigenvalue weighted by molar-refractivity contribution is 0.350. The average Bonchev–Trinajstić information content (AvgIpc) is 2.55. The van der Waals surface area contributed by atoms with E-state index in [9.17, 15) is 4.39 Å². The molecule has 2 rings (SSSR count). The highest BCUT2D eigenvalue weighted by molar-refractivity contribution is 9.10. The predicted molar refractivity (Wildman–Crippen MR) is 73.9 cm³/mol. The number of benzene rings is 1. The van der Waals surface area contributed by atoms with Gasteiger partial charge in [-0.25, -0.2) is 4.39 Å². The summed E-state index contributed by atoms with van der Waals surface area (Å²) in [5.41, 5.74) is 2.33. The predicted octanol–water partition coefficient (Wildman–Crippen LogP) is 4.89. The third-order valence-corrected chi connectivity index (χ3v) is 4.46. The number of hydrogen-bond acceptors (Lipinski definition) is 1. The fraction of sp³-hybridized carbons (Fsp3) is 0.571. The number of halogens is 2. The fourth-order valence-electron chi connectivity index (χ4n) is 2.58. The molecule has 0 radical (unpaired) electrons. The smallest absolute Gasteiger partial charge is 0.137 e. The molecule has 94 valence electrons.